The molecule has 0 unspecified atom stereocenters. The summed E-state index contributed by atoms with van der Waals surface area (Å²) in [6, 6.07) is 0. The predicted octanol–water partition coefficient (Wildman–Crippen LogP) is 2.39. The molecule has 2 saturated heterocycles. The molecule has 4 heterocycles. The molecule has 2 fully saturated rings. The fraction of sp³-hybridized carbons (Fsp3) is 0.727. The lowest BCUT2D eigenvalue weighted by atomic mass is 9.89. The molecular weight excluding hydrogens is 398 g/mol. The first-order chi connectivity index (χ1) is 14.8. The van der Waals surface area contributed by atoms with E-state index in [0.717, 1.165) is 96.2 Å². The van der Waals surface area contributed by atoms with E-state index in [2.05, 4.69) is 22.0 Å². The molecule has 3 aliphatic rings. The number of thiophene rings is 1. The first-order valence-corrected chi connectivity index (χ1v) is 12.2. The number of nitrogens with one attached hydrogen (secondary N) is 1. The van der Waals surface area contributed by atoms with Gasteiger partial charge in [-0.3, -0.25) is 9.80 Å². The summed E-state index contributed by atoms with van der Waals surface area (Å²) < 4.78 is 11.0. The summed E-state index contributed by atoms with van der Waals surface area (Å²) in [5.74, 6) is 2.75. The summed E-state index contributed by atoms with van der Waals surface area (Å²) in [7, 11) is 0. The van der Waals surface area contributed by atoms with E-state index in [1.165, 1.54) is 33.5 Å². The van der Waals surface area contributed by atoms with Gasteiger partial charge in [0.05, 0.1) is 38.4 Å². The topological polar surface area (TPSA) is 62.8 Å². The minimum absolute atomic E-state index is 0.768. The van der Waals surface area contributed by atoms with E-state index in [9.17, 15) is 0 Å². The van der Waals surface area contributed by atoms with Crippen LogP contribution >= 0.6 is 11.3 Å². The summed E-state index contributed by atoms with van der Waals surface area (Å²) in [5, 5.41) is 4.98. The van der Waals surface area contributed by atoms with Gasteiger partial charge >= 0.3 is 0 Å². The van der Waals surface area contributed by atoms with Crippen molar-refractivity contribution in [2.24, 2.45) is 5.92 Å². The molecular formula is C22H33N5O2S. The van der Waals surface area contributed by atoms with Crippen LogP contribution in [0, 0.1) is 5.92 Å². The molecule has 30 heavy (non-hydrogen) atoms. The van der Waals surface area contributed by atoms with Crippen LogP contribution in [0.3, 0.4) is 0 Å². The van der Waals surface area contributed by atoms with Crippen molar-refractivity contribution >= 4 is 27.4 Å². The predicted molar refractivity (Wildman–Crippen MR) is 120 cm³/mol. The van der Waals surface area contributed by atoms with Crippen LogP contribution in [0.1, 0.15) is 29.6 Å². The van der Waals surface area contributed by atoms with Crippen molar-refractivity contribution in [2.45, 2.75) is 32.7 Å². The zero-order valence-electron chi connectivity index (χ0n) is 18.0. The summed E-state index contributed by atoms with van der Waals surface area (Å²) in [4.78, 5) is 17.6. The second kappa shape index (κ2) is 9.44. The quantitative estimate of drug-likeness (QED) is 0.753. The number of aromatic nitrogens is 2. The Kier molecular flexibility index (Phi) is 6.48. The van der Waals surface area contributed by atoms with Gasteiger partial charge < -0.3 is 14.8 Å². The van der Waals surface area contributed by atoms with E-state index in [1.54, 1.807) is 0 Å². The number of ether oxygens (including phenoxy) is 2. The second-order valence-corrected chi connectivity index (χ2v) is 9.87. The molecule has 0 bridgehead atoms. The Hall–Kier alpha value is -1.32. The summed E-state index contributed by atoms with van der Waals surface area (Å²) >= 11 is 1.89. The molecule has 8 heteroatoms. The Labute approximate surface area is 182 Å². The lowest BCUT2D eigenvalue weighted by Gasteiger charge is -2.27. The Morgan fingerprint density at radius 2 is 1.77 bits per heavy atom. The fourth-order valence-electron chi connectivity index (χ4n) is 4.70. The zero-order valence-corrected chi connectivity index (χ0v) is 18.8. The van der Waals surface area contributed by atoms with Crippen molar-refractivity contribution in [3.05, 3.63) is 16.3 Å². The smallest absolute Gasteiger partial charge is 0.146 e. The molecule has 0 radical (unpaired) electrons. The SMILES string of the molecule is C[C@@H]1CCc2c(sc3nc(CN4CCOCC4)nc(NCCN4CCOCC4)c23)C1. The number of fused-ring (bicyclic) bond motifs is 3. The Morgan fingerprint density at radius 1 is 1.03 bits per heavy atom. The van der Waals surface area contributed by atoms with E-state index in [0.29, 0.717) is 0 Å². The van der Waals surface area contributed by atoms with Crippen molar-refractivity contribution in [2.75, 3.05) is 71.0 Å². The number of hydrogen-bond acceptors (Lipinski definition) is 8. The third-order valence-electron chi connectivity index (χ3n) is 6.49. The third kappa shape index (κ3) is 4.62. The molecule has 2 aromatic heterocycles. The molecule has 0 spiro atoms. The minimum atomic E-state index is 0.768. The highest BCUT2D eigenvalue weighted by Gasteiger charge is 2.24. The molecule has 1 aliphatic carbocycles. The van der Waals surface area contributed by atoms with Crippen LogP contribution in [0.25, 0.3) is 10.2 Å². The van der Waals surface area contributed by atoms with Gasteiger partial charge in [0, 0.05) is 44.1 Å². The van der Waals surface area contributed by atoms with Crippen LogP contribution < -0.4 is 5.32 Å². The van der Waals surface area contributed by atoms with Gasteiger partial charge in [0.25, 0.3) is 0 Å². The van der Waals surface area contributed by atoms with Gasteiger partial charge in [-0.15, -0.1) is 11.3 Å². The maximum Gasteiger partial charge on any atom is 0.146 e. The van der Waals surface area contributed by atoms with Gasteiger partial charge in [-0.1, -0.05) is 6.92 Å². The summed E-state index contributed by atoms with van der Waals surface area (Å²) in [6.45, 7) is 12.4. The molecule has 0 amide bonds. The highest BCUT2D eigenvalue weighted by molar-refractivity contribution is 7.19. The number of nitrogens with zero attached hydrogens (tertiary/aromatic N) is 4. The van der Waals surface area contributed by atoms with Gasteiger partial charge in [0.2, 0.25) is 0 Å². The van der Waals surface area contributed by atoms with E-state index >= 15 is 0 Å². The number of hydrogen-bond donors (Lipinski definition) is 1. The third-order valence-corrected chi connectivity index (χ3v) is 7.64. The lowest BCUT2D eigenvalue weighted by molar-refractivity contribution is 0.0331. The largest absolute Gasteiger partial charge is 0.379 e. The summed E-state index contributed by atoms with van der Waals surface area (Å²) in [6.07, 6.45) is 3.60. The van der Waals surface area contributed by atoms with Crippen LogP contribution in [0.2, 0.25) is 0 Å². The standard InChI is InChI=1S/C22H33N5O2S/c1-16-2-3-17-18(14-16)30-22-20(17)21(23-4-5-26-6-10-28-11-7-26)24-19(25-22)15-27-8-12-29-13-9-27/h16H,2-15H2,1H3,(H,23,24,25)/t16-/m1/s1. The number of rotatable bonds is 6. The van der Waals surface area contributed by atoms with Crippen molar-refractivity contribution in [3.8, 4) is 0 Å². The normalized spacial score (nSPS) is 23.6. The molecule has 0 aromatic carbocycles. The Bertz CT molecular complexity index is 861. The average Bonchev–Trinajstić information content (AvgIpc) is 3.12. The Balaban J connectivity index is 1.39. The van der Waals surface area contributed by atoms with Crippen LogP contribution in [0.15, 0.2) is 0 Å². The van der Waals surface area contributed by atoms with E-state index in [-0.39, 0.29) is 0 Å². The highest BCUT2D eigenvalue weighted by Crippen LogP contribution is 2.40. The number of aryl methyl sites for hydroxylation is 1. The molecule has 1 N–H and O–H groups in total. The molecule has 2 aromatic rings. The average molecular weight is 432 g/mol. The highest BCUT2D eigenvalue weighted by atomic mass is 32.1. The molecule has 7 nitrogen and oxygen atoms in total. The Morgan fingerprint density at radius 3 is 2.53 bits per heavy atom. The molecule has 164 valence electrons. The van der Waals surface area contributed by atoms with Crippen molar-refractivity contribution < 1.29 is 9.47 Å². The minimum Gasteiger partial charge on any atom is -0.379 e. The van der Waals surface area contributed by atoms with Crippen LogP contribution in [-0.2, 0) is 28.9 Å². The number of morpholine rings is 2. The first kappa shape index (κ1) is 20.6. The molecule has 2 aliphatic heterocycles. The van der Waals surface area contributed by atoms with Gasteiger partial charge in [0.1, 0.15) is 16.5 Å². The molecule has 1 atom stereocenters. The van der Waals surface area contributed by atoms with Gasteiger partial charge in [0.15, 0.2) is 0 Å². The van der Waals surface area contributed by atoms with Gasteiger partial charge in [-0.2, -0.15) is 0 Å². The van der Waals surface area contributed by atoms with E-state index in [4.69, 9.17) is 19.4 Å². The van der Waals surface area contributed by atoms with E-state index in [1.807, 2.05) is 11.3 Å². The lowest BCUT2D eigenvalue weighted by Crippen LogP contribution is -2.39. The van der Waals surface area contributed by atoms with E-state index < -0.39 is 0 Å². The maximum atomic E-state index is 5.50. The van der Waals surface area contributed by atoms with Crippen molar-refractivity contribution in [3.63, 3.8) is 0 Å². The zero-order chi connectivity index (χ0) is 20.3. The monoisotopic (exact) mass is 431 g/mol. The van der Waals surface area contributed by atoms with Crippen LogP contribution in [-0.4, -0.2) is 85.5 Å². The molecule has 0 saturated carbocycles. The number of anilines is 1. The van der Waals surface area contributed by atoms with Crippen molar-refractivity contribution in [1.82, 2.24) is 19.8 Å². The van der Waals surface area contributed by atoms with Crippen LogP contribution in [0.4, 0.5) is 5.82 Å². The summed E-state index contributed by atoms with van der Waals surface area (Å²) in [5.41, 5.74) is 1.50. The maximum absolute atomic E-state index is 5.50. The van der Waals surface area contributed by atoms with Crippen LogP contribution in [0.5, 0.6) is 0 Å². The van der Waals surface area contributed by atoms with Gasteiger partial charge in [-0.25, -0.2) is 9.97 Å². The molecule has 5 rings (SSSR count). The van der Waals surface area contributed by atoms with Gasteiger partial charge in [-0.05, 0) is 30.7 Å². The first-order valence-electron chi connectivity index (χ1n) is 11.4. The van der Waals surface area contributed by atoms with Crippen molar-refractivity contribution in [1.29, 1.82) is 0 Å². The fourth-order valence-corrected chi connectivity index (χ4v) is 6.10. The second-order valence-electron chi connectivity index (χ2n) is 8.79.